The average molecular weight is 542 g/mol. The molecule has 2 heterocycles. The predicted octanol–water partition coefficient (Wildman–Crippen LogP) is 5.09. The maximum Gasteiger partial charge on any atom is 0.261 e. The summed E-state index contributed by atoms with van der Waals surface area (Å²) in [7, 11) is 1.19. The molecule has 0 saturated carbocycles. The van der Waals surface area contributed by atoms with E-state index in [9.17, 15) is 5.11 Å². The Kier molecular flexibility index (Phi) is 7.78. The average Bonchev–Trinajstić information content (AvgIpc) is 3.52. The summed E-state index contributed by atoms with van der Waals surface area (Å²) in [6.07, 6.45) is 3.01. The molecule has 0 amide bonds. The van der Waals surface area contributed by atoms with Gasteiger partial charge in [0.2, 0.25) is 0 Å². The van der Waals surface area contributed by atoms with Crippen LogP contribution in [0, 0.1) is 0 Å². The van der Waals surface area contributed by atoms with Crippen LogP contribution in [-0.2, 0) is 9.16 Å². The van der Waals surface area contributed by atoms with E-state index in [1.54, 1.807) is 6.34 Å². The highest BCUT2D eigenvalue weighted by atomic mass is 28.4. The third-order valence-corrected chi connectivity index (χ3v) is 12.6. The van der Waals surface area contributed by atoms with E-state index in [1.165, 1.54) is 10.4 Å². The molecule has 1 aromatic heterocycles. The molecule has 1 saturated heterocycles. The van der Waals surface area contributed by atoms with Gasteiger partial charge in [0.15, 0.2) is 0 Å². The van der Waals surface area contributed by atoms with Crippen molar-refractivity contribution in [2.45, 2.75) is 50.7 Å². The fourth-order valence-corrected chi connectivity index (χ4v) is 10.3. The van der Waals surface area contributed by atoms with Crippen LogP contribution >= 0.6 is 0 Å². The van der Waals surface area contributed by atoms with E-state index < -0.39 is 20.5 Å². The SMILES string of the molecule is CN(C)C=Nc1cccc2c1ccn2[C@H]1C[C@H](O)[C@@H](CO[Si](c2ccccc2)(c2ccccc2)C(C)(C)C)O1. The standard InChI is InChI=1S/C32H39N3O3Si/c1-32(2,3)39(24-13-8-6-9-14-24,25-15-10-7-11-16-25)37-22-30-29(36)21-31(38-30)35-20-19-26-27(33-23-34(4)5)17-12-18-28(26)35/h6-20,23,29-31,36H,21-22H2,1-5H3/t29-,30+,31+/m0/s1. The zero-order valence-corrected chi connectivity index (χ0v) is 24.5. The van der Waals surface area contributed by atoms with Crippen LogP contribution in [0.25, 0.3) is 10.9 Å². The predicted molar refractivity (Wildman–Crippen MR) is 162 cm³/mol. The maximum absolute atomic E-state index is 11.1. The summed E-state index contributed by atoms with van der Waals surface area (Å²) in [5, 5.41) is 14.5. The molecule has 1 aliphatic rings. The molecule has 4 aromatic rings. The minimum absolute atomic E-state index is 0.140. The fourth-order valence-electron chi connectivity index (χ4n) is 5.72. The molecule has 0 radical (unpaired) electrons. The van der Waals surface area contributed by atoms with Gasteiger partial charge >= 0.3 is 0 Å². The first-order valence-electron chi connectivity index (χ1n) is 13.6. The van der Waals surface area contributed by atoms with Crippen LogP contribution in [0.2, 0.25) is 5.04 Å². The Morgan fingerprint density at radius 1 is 0.974 bits per heavy atom. The molecule has 3 atom stereocenters. The van der Waals surface area contributed by atoms with Crippen LogP contribution in [0.5, 0.6) is 0 Å². The molecular formula is C32H39N3O3Si. The quantitative estimate of drug-likeness (QED) is 0.192. The third-order valence-electron chi connectivity index (χ3n) is 7.56. The summed E-state index contributed by atoms with van der Waals surface area (Å²) < 4.78 is 15.7. The van der Waals surface area contributed by atoms with Crippen LogP contribution in [0.3, 0.4) is 0 Å². The van der Waals surface area contributed by atoms with Crippen LogP contribution in [0.15, 0.2) is 96.1 Å². The van der Waals surface area contributed by atoms with Gasteiger partial charge in [-0.2, -0.15) is 0 Å². The fraction of sp³-hybridized carbons (Fsp3) is 0.344. The Morgan fingerprint density at radius 2 is 1.62 bits per heavy atom. The summed E-state index contributed by atoms with van der Waals surface area (Å²) in [6.45, 7) is 7.10. The Labute approximate surface area is 232 Å². The van der Waals surface area contributed by atoms with Crippen LogP contribution in [0.4, 0.5) is 5.69 Å². The normalized spacial score (nSPS) is 20.2. The number of hydrogen-bond acceptors (Lipinski definition) is 4. The molecule has 3 aromatic carbocycles. The zero-order chi connectivity index (χ0) is 27.6. The number of aliphatic hydroxyl groups is 1. The molecular weight excluding hydrogens is 502 g/mol. The van der Waals surface area contributed by atoms with Crippen molar-refractivity contribution >= 4 is 41.6 Å². The number of hydrogen-bond donors (Lipinski definition) is 1. The summed E-state index contributed by atoms with van der Waals surface area (Å²) in [4.78, 5) is 6.54. The van der Waals surface area contributed by atoms with Crippen molar-refractivity contribution < 1.29 is 14.3 Å². The van der Waals surface area contributed by atoms with Gasteiger partial charge in [-0.15, -0.1) is 0 Å². The lowest BCUT2D eigenvalue weighted by molar-refractivity contribution is -0.0395. The number of fused-ring (bicyclic) bond motifs is 1. The first kappa shape index (κ1) is 27.3. The van der Waals surface area contributed by atoms with Crippen molar-refractivity contribution in [2.75, 3.05) is 20.7 Å². The van der Waals surface area contributed by atoms with E-state index in [2.05, 4.69) is 91.0 Å². The second-order valence-electron chi connectivity index (χ2n) is 11.5. The number of benzene rings is 3. The molecule has 5 rings (SSSR count). The lowest BCUT2D eigenvalue weighted by atomic mass is 10.2. The van der Waals surface area contributed by atoms with Crippen molar-refractivity contribution in [3.05, 3.63) is 91.1 Å². The lowest BCUT2D eigenvalue weighted by Gasteiger charge is -2.43. The van der Waals surface area contributed by atoms with Gasteiger partial charge in [0, 0.05) is 32.1 Å². The Hall–Kier alpha value is -3.23. The third kappa shape index (κ3) is 5.32. The minimum atomic E-state index is -2.72. The molecule has 0 unspecified atom stereocenters. The molecule has 0 spiro atoms. The van der Waals surface area contributed by atoms with E-state index in [1.807, 2.05) is 49.5 Å². The van der Waals surface area contributed by atoms with Crippen LogP contribution in [-0.4, -0.2) is 62.1 Å². The number of ether oxygens (including phenoxy) is 1. The topological polar surface area (TPSA) is 59.2 Å². The van der Waals surface area contributed by atoms with Gasteiger partial charge in [0.05, 0.1) is 30.3 Å². The van der Waals surface area contributed by atoms with E-state index >= 15 is 0 Å². The van der Waals surface area contributed by atoms with E-state index in [0.717, 1.165) is 16.6 Å². The lowest BCUT2D eigenvalue weighted by Crippen LogP contribution is -2.67. The molecule has 0 bridgehead atoms. The van der Waals surface area contributed by atoms with Gasteiger partial charge in [0.25, 0.3) is 8.32 Å². The van der Waals surface area contributed by atoms with Gasteiger partial charge in [-0.25, -0.2) is 4.99 Å². The number of nitrogens with zero attached hydrogens (tertiary/aromatic N) is 3. The van der Waals surface area contributed by atoms with Crippen molar-refractivity contribution in [3.63, 3.8) is 0 Å². The highest BCUT2D eigenvalue weighted by molar-refractivity contribution is 6.99. The van der Waals surface area contributed by atoms with Gasteiger partial charge in [-0.3, -0.25) is 0 Å². The summed E-state index contributed by atoms with van der Waals surface area (Å²) in [6, 6.07) is 29.3. The van der Waals surface area contributed by atoms with Gasteiger partial charge in [-0.1, -0.05) is 87.5 Å². The van der Waals surface area contributed by atoms with Crippen molar-refractivity contribution in [2.24, 2.45) is 4.99 Å². The van der Waals surface area contributed by atoms with Crippen molar-refractivity contribution in [1.29, 1.82) is 0 Å². The number of aromatic nitrogens is 1. The molecule has 7 heteroatoms. The van der Waals surface area contributed by atoms with E-state index in [0.29, 0.717) is 13.0 Å². The molecule has 1 fully saturated rings. The molecule has 204 valence electrons. The largest absolute Gasteiger partial charge is 0.405 e. The highest BCUT2D eigenvalue weighted by Crippen LogP contribution is 2.39. The van der Waals surface area contributed by atoms with Gasteiger partial charge in [-0.05, 0) is 33.6 Å². The second-order valence-corrected chi connectivity index (χ2v) is 15.9. The van der Waals surface area contributed by atoms with Gasteiger partial charge in [0.1, 0.15) is 12.3 Å². The number of rotatable bonds is 8. The maximum atomic E-state index is 11.1. The first-order chi connectivity index (χ1) is 18.7. The van der Waals surface area contributed by atoms with Crippen molar-refractivity contribution in [3.8, 4) is 0 Å². The smallest absolute Gasteiger partial charge is 0.261 e. The second kappa shape index (κ2) is 11.1. The summed E-state index contributed by atoms with van der Waals surface area (Å²) in [5.41, 5.74) is 1.94. The monoisotopic (exact) mass is 541 g/mol. The van der Waals surface area contributed by atoms with E-state index in [4.69, 9.17) is 9.16 Å². The first-order valence-corrected chi connectivity index (χ1v) is 15.5. The Bertz CT molecular complexity index is 1370. The van der Waals surface area contributed by atoms with Crippen LogP contribution in [0.1, 0.15) is 33.4 Å². The number of aliphatic hydroxyl groups excluding tert-OH is 1. The van der Waals surface area contributed by atoms with E-state index in [-0.39, 0.29) is 11.3 Å². The summed E-state index contributed by atoms with van der Waals surface area (Å²) >= 11 is 0. The number of aliphatic imine (C=N–C) groups is 1. The molecule has 39 heavy (non-hydrogen) atoms. The zero-order valence-electron chi connectivity index (χ0n) is 23.5. The summed E-state index contributed by atoms with van der Waals surface area (Å²) in [5.74, 6) is 0. The molecule has 6 nitrogen and oxygen atoms in total. The molecule has 1 aliphatic heterocycles. The molecule has 0 aliphatic carbocycles. The Morgan fingerprint density at radius 3 is 2.21 bits per heavy atom. The van der Waals surface area contributed by atoms with Gasteiger partial charge < -0.3 is 23.7 Å². The van der Waals surface area contributed by atoms with Crippen molar-refractivity contribution in [1.82, 2.24) is 9.47 Å². The molecule has 1 N–H and O–H groups in total. The highest BCUT2D eigenvalue weighted by Gasteiger charge is 2.51. The van der Waals surface area contributed by atoms with Crippen LogP contribution < -0.4 is 10.4 Å². The Balaban J connectivity index is 1.42. The minimum Gasteiger partial charge on any atom is -0.405 e.